The predicted molar refractivity (Wildman–Crippen MR) is 120 cm³/mol. The van der Waals surface area contributed by atoms with E-state index in [4.69, 9.17) is 0 Å². The van der Waals surface area contributed by atoms with Gasteiger partial charge in [-0.3, -0.25) is 14.0 Å². The van der Waals surface area contributed by atoms with Crippen molar-refractivity contribution >= 4 is 5.91 Å². The number of amides is 1. The molecule has 0 aliphatic carbocycles. The number of fused-ring (bicyclic) bond motifs is 4. The number of benzene rings is 2. The molecule has 4 heterocycles. The summed E-state index contributed by atoms with van der Waals surface area (Å²) in [5.41, 5.74) is 2.71. The lowest BCUT2D eigenvalue weighted by Crippen LogP contribution is -2.49. The van der Waals surface area contributed by atoms with Crippen LogP contribution in [0.1, 0.15) is 46.9 Å². The van der Waals surface area contributed by atoms with Gasteiger partial charge in [0.05, 0.1) is 23.1 Å². The van der Waals surface area contributed by atoms with E-state index in [0.717, 1.165) is 30.5 Å². The Labute approximate surface area is 203 Å². The minimum Gasteiger partial charge on any atom is -0.327 e. The van der Waals surface area contributed by atoms with E-state index in [1.807, 2.05) is 0 Å². The molecule has 11 heteroatoms. The van der Waals surface area contributed by atoms with Crippen LogP contribution in [-0.4, -0.2) is 41.4 Å². The molecule has 1 saturated heterocycles. The lowest BCUT2D eigenvalue weighted by atomic mass is 9.81. The number of halogens is 4. The molecule has 0 unspecified atom stereocenters. The van der Waals surface area contributed by atoms with Crippen LogP contribution >= 0.6 is 0 Å². The summed E-state index contributed by atoms with van der Waals surface area (Å²) in [5.74, 6) is -4.96. The Hall–Kier alpha value is -4.02. The summed E-state index contributed by atoms with van der Waals surface area (Å²) in [6, 6.07) is 5.43. The van der Waals surface area contributed by atoms with Gasteiger partial charge in [-0.2, -0.15) is 5.10 Å². The van der Waals surface area contributed by atoms with Gasteiger partial charge in [0.2, 0.25) is 0 Å². The van der Waals surface area contributed by atoms with Gasteiger partial charge in [-0.1, -0.05) is 0 Å². The zero-order valence-corrected chi connectivity index (χ0v) is 19.1. The maximum atomic E-state index is 14.5. The van der Waals surface area contributed by atoms with Crippen molar-refractivity contribution < 1.29 is 22.4 Å². The Kier molecular flexibility index (Phi) is 5.16. The van der Waals surface area contributed by atoms with Gasteiger partial charge in [0, 0.05) is 29.8 Å². The van der Waals surface area contributed by atoms with E-state index in [9.17, 15) is 22.4 Å². The van der Waals surface area contributed by atoms with Crippen LogP contribution in [0.15, 0.2) is 43.0 Å². The Balaban J connectivity index is 1.41. The van der Waals surface area contributed by atoms with Crippen molar-refractivity contribution in [2.75, 3.05) is 0 Å². The summed E-state index contributed by atoms with van der Waals surface area (Å²) >= 11 is 0. The Morgan fingerprint density at radius 1 is 0.972 bits per heavy atom. The minimum atomic E-state index is -1.52. The smallest absolute Gasteiger partial charge is 0.254 e. The Morgan fingerprint density at radius 3 is 2.42 bits per heavy atom. The third-order valence-corrected chi connectivity index (χ3v) is 7.01. The number of rotatable bonds is 3. The highest BCUT2D eigenvalue weighted by Crippen LogP contribution is 2.45. The molecule has 184 valence electrons. The second-order valence-electron chi connectivity index (χ2n) is 9.17. The fourth-order valence-electron chi connectivity index (χ4n) is 5.53. The molecule has 4 aromatic rings. The van der Waals surface area contributed by atoms with Gasteiger partial charge in [-0.25, -0.2) is 17.6 Å². The molecule has 2 aliphatic rings. The Morgan fingerprint density at radius 2 is 1.69 bits per heavy atom. The summed E-state index contributed by atoms with van der Waals surface area (Å²) in [4.78, 5) is 15.5. The molecule has 0 N–H and O–H groups in total. The van der Waals surface area contributed by atoms with E-state index in [0.29, 0.717) is 29.9 Å². The van der Waals surface area contributed by atoms with Gasteiger partial charge in [-0.15, -0.1) is 10.2 Å². The van der Waals surface area contributed by atoms with E-state index in [-0.39, 0.29) is 29.1 Å². The van der Waals surface area contributed by atoms with Gasteiger partial charge in [0.1, 0.15) is 18.5 Å². The molecule has 1 amide bonds. The van der Waals surface area contributed by atoms with Crippen LogP contribution in [-0.2, 0) is 13.5 Å². The van der Waals surface area contributed by atoms with Crippen LogP contribution in [0.4, 0.5) is 17.6 Å². The molecular formula is C25H20F4N6O. The lowest BCUT2D eigenvalue weighted by Gasteiger charge is -2.45. The molecule has 0 saturated carbocycles. The average molecular weight is 496 g/mol. The quantitative estimate of drug-likeness (QED) is 0.309. The van der Waals surface area contributed by atoms with Crippen LogP contribution in [0, 0.1) is 23.3 Å². The van der Waals surface area contributed by atoms with Crippen LogP contribution in [0.2, 0.25) is 0 Å². The maximum absolute atomic E-state index is 14.5. The molecule has 2 bridgehead atoms. The maximum Gasteiger partial charge on any atom is 0.254 e. The van der Waals surface area contributed by atoms with Crippen LogP contribution in [0.3, 0.4) is 0 Å². The van der Waals surface area contributed by atoms with E-state index in [1.165, 1.54) is 34.0 Å². The third-order valence-electron chi connectivity index (χ3n) is 7.01. The van der Waals surface area contributed by atoms with Crippen molar-refractivity contribution in [3.63, 3.8) is 0 Å². The molecule has 7 nitrogen and oxygen atoms in total. The first-order valence-electron chi connectivity index (χ1n) is 11.5. The number of aromatic nitrogens is 5. The van der Waals surface area contributed by atoms with Gasteiger partial charge in [-0.05, 0) is 56.0 Å². The number of hydrogen-bond acceptors (Lipinski definition) is 4. The zero-order chi connectivity index (χ0) is 25.1. The summed E-state index contributed by atoms with van der Waals surface area (Å²) in [5, 5.41) is 12.1. The van der Waals surface area contributed by atoms with Gasteiger partial charge >= 0.3 is 0 Å². The summed E-state index contributed by atoms with van der Waals surface area (Å²) in [6.45, 7) is 0. The van der Waals surface area contributed by atoms with Crippen LogP contribution in [0.25, 0.3) is 16.9 Å². The largest absolute Gasteiger partial charge is 0.327 e. The van der Waals surface area contributed by atoms with E-state index >= 15 is 0 Å². The van der Waals surface area contributed by atoms with Crippen molar-refractivity contribution in [1.29, 1.82) is 0 Å². The summed E-state index contributed by atoms with van der Waals surface area (Å²) < 4.78 is 59.1. The van der Waals surface area contributed by atoms with Crippen molar-refractivity contribution in [1.82, 2.24) is 29.4 Å². The summed E-state index contributed by atoms with van der Waals surface area (Å²) in [6.07, 6.45) is 5.48. The molecule has 2 atom stereocenters. The topological polar surface area (TPSA) is 68.8 Å². The molecule has 0 spiro atoms. The SMILES string of the molecule is Cn1nc2c(c1-c1cc(F)c(F)c(F)c1)C[C@H]1CCC[C@H]2N1C(=O)c1cc(F)cc(-n2cnnc2)c1. The van der Waals surface area contributed by atoms with Crippen LogP contribution in [0.5, 0.6) is 0 Å². The van der Waals surface area contributed by atoms with E-state index in [2.05, 4.69) is 15.3 Å². The monoisotopic (exact) mass is 496 g/mol. The predicted octanol–water partition coefficient (Wildman–Crippen LogP) is 4.52. The van der Waals surface area contributed by atoms with E-state index < -0.39 is 23.3 Å². The standard InChI is InChI=1S/C25H20F4N6O/c1-33-24(13-7-19(27)22(29)20(28)8-13)18-10-16-3-2-4-21(23(18)32-33)35(16)25(36)14-5-15(26)9-17(6-14)34-11-30-31-12-34/h5-9,11-12,16,21H,2-4,10H2,1H3/t16-,21-/m1/s1. The molecular weight excluding hydrogens is 476 g/mol. The number of carbonyl (C=O) groups excluding carboxylic acids is 1. The normalized spacial score (nSPS) is 18.9. The molecule has 2 aromatic heterocycles. The third kappa shape index (κ3) is 3.49. The van der Waals surface area contributed by atoms with Gasteiger partial charge < -0.3 is 4.90 Å². The molecule has 2 aliphatic heterocycles. The summed E-state index contributed by atoms with van der Waals surface area (Å²) in [7, 11) is 1.65. The number of carbonyl (C=O) groups is 1. The second-order valence-corrected chi connectivity index (χ2v) is 9.17. The lowest BCUT2D eigenvalue weighted by molar-refractivity contribution is 0.0391. The average Bonchev–Trinajstić information content (AvgIpc) is 3.49. The van der Waals surface area contributed by atoms with Crippen molar-refractivity contribution in [2.45, 2.75) is 37.8 Å². The first-order valence-corrected chi connectivity index (χ1v) is 11.5. The first kappa shape index (κ1) is 22.4. The fourth-order valence-corrected chi connectivity index (χ4v) is 5.53. The minimum absolute atomic E-state index is 0.184. The van der Waals surface area contributed by atoms with Gasteiger partial charge in [0.25, 0.3) is 5.91 Å². The molecule has 6 rings (SSSR count). The van der Waals surface area contributed by atoms with Gasteiger partial charge in [0.15, 0.2) is 17.5 Å². The second kappa shape index (κ2) is 8.28. The zero-order valence-electron chi connectivity index (χ0n) is 19.1. The number of hydrogen-bond donors (Lipinski definition) is 0. The van der Waals surface area contributed by atoms with Crippen molar-refractivity contribution in [3.05, 3.63) is 83.1 Å². The highest BCUT2D eigenvalue weighted by Gasteiger charge is 2.43. The van der Waals surface area contributed by atoms with E-state index in [1.54, 1.807) is 18.0 Å². The molecule has 36 heavy (non-hydrogen) atoms. The number of aryl methyl sites for hydroxylation is 1. The first-order chi connectivity index (χ1) is 17.3. The molecule has 1 fully saturated rings. The highest BCUT2D eigenvalue weighted by atomic mass is 19.2. The fraction of sp³-hybridized carbons (Fsp3) is 0.280. The number of piperidine rings is 1. The number of nitrogens with zero attached hydrogens (tertiary/aromatic N) is 6. The molecule has 2 aromatic carbocycles. The highest BCUT2D eigenvalue weighted by molar-refractivity contribution is 5.95. The van der Waals surface area contributed by atoms with Crippen LogP contribution < -0.4 is 0 Å². The molecule has 0 radical (unpaired) electrons. The van der Waals surface area contributed by atoms with Crippen molar-refractivity contribution in [2.24, 2.45) is 7.05 Å². The Bertz CT molecular complexity index is 1480. The van der Waals surface area contributed by atoms with Crippen molar-refractivity contribution in [3.8, 4) is 16.9 Å².